The molecule has 0 fully saturated rings. The lowest BCUT2D eigenvalue weighted by molar-refractivity contribution is 0.396. The van der Waals surface area contributed by atoms with E-state index in [0.717, 1.165) is 34.6 Å². The second kappa shape index (κ2) is 7.85. The molecule has 0 bridgehead atoms. The molecule has 1 aromatic heterocycles. The second-order valence-electron chi connectivity index (χ2n) is 4.30. The Morgan fingerprint density at radius 1 is 1.20 bits per heavy atom. The number of halogens is 1. The summed E-state index contributed by atoms with van der Waals surface area (Å²) < 4.78 is 11.9. The fraction of sp³-hybridized carbons (Fsp3) is 0.333. The Morgan fingerprint density at radius 3 is 2.65 bits per heavy atom. The Bertz CT molecular complexity index is 543. The highest BCUT2D eigenvalue weighted by atomic mass is 127. The molecule has 0 spiro atoms. The molecule has 0 amide bonds. The SMILES string of the molecule is COc1cc(CCNCc2cccs2)c(OC)cc1I. The molecule has 0 aliphatic rings. The zero-order valence-corrected chi connectivity index (χ0v) is 14.6. The lowest BCUT2D eigenvalue weighted by Gasteiger charge is -2.12. The Labute approximate surface area is 137 Å². The van der Waals surface area contributed by atoms with Crippen molar-refractivity contribution in [3.8, 4) is 11.5 Å². The minimum atomic E-state index is 0.902. The van der Waals surface area contributed by atoms with E-state index in [-0.39, 0.29) is 0 Å². The van der Waals surface area contributed by atoms with Gasteiger partial charge in [-0.05, 0) is 64.7 Å². The third-order valence-corrected chi connectivity index (χ3v) is 4.72. The normalized spacial score (nSPS) is 10.6. The van der Waals surface area contributed by atoms with Gasteiger partial charge < -0.3 is 14.8 Å². The average molecular weight is 403 g/mol. The van der Waals surface area contributed by atoms with Crippen LogP contribution in [0.2, 0.25) is 0 Å². The minimum absolute atomic E-state index is 0.902. The van der Waals surface area contributed by atoms with Gasteiger partial charge in [-0.25, -0.2) is 0 Å². The summed E-state index contributed by atoms with van der Waals surface area (Å²) >= 11 is 4.04. The molecule has 0 aliphatic carbocycles. The number of rotatable bonds is 7. The van der Waals surface area contributed by atoms with Crippen molar-refractivity contribution < 1.29 is 9.47 Å². The molecule has 0 aliphatic heterocycles. The van der Waals surface area contributed by atoms with Crippen molar-refractivity contribution in [1.82, 2.24) is 5.32 Å². The van der Waals surface area contributed by atoms with E-state index in [0.29, 0.717) is 0 Å². The molecule has 3 nitrogen and oxygen atoms in total. The van der Waals surface area contributed by atoms with E-state index in [1.807, 2.05) is 6.07 Å². The van der Waals surface area contributed by atoms with Gasteiger partial charge in [0.05, 0.1) is 17.8 Å². The summed E-state index contributed by atoms with van der Waals surface area (Å²) in [6.45, 7) is 1.83. The van der Waals surface area contributed by atoms with Gasteiger partial charge in [0.2, 0.25) is 0 Å². The van der Waals surface area contributed by atoms with E-state index in [4.69, 9.17) is 9.47 Å². The molecule has 0 unspecified atom stereocenters. The van der Waals surface area contributed by atoms with Crippen LogP contribution >= 0.6 is 33.9 Å². The highest BCUT2D eigenvalue weighted by Gasteiger charge is 2.09. The first kappa shape index (κ1) is 15.6. The van der Waals surface area contributed by atoms with Crippen LogP contribution in [0.1, 0.15) is 10.4 Å². The van der Waals surface area contributed by atoms with Crippen molar-refractivity contribution in [2.24, 2.45) is 0 Å². The summed E-state index contributed by atoms with van der Waals surface area (Å²) in [6.07, 6.45) is 0.918. The summed E-state index contributed by atoms with van der Waals surface area (Å²) in [7, 11) is 3.41. The summed E-state index contributed by atoms with van der Waals surface area (Å²) in [5.74, 6) is 1.83. The Morgan fingerprint density at radius 2 is 2.00 bits per heavy atom. The molecular formula is C15H18INO2S. The van der Waals surface area contributed by atoms with E-state index >= 15 is 0 Å². The number of hydrogen-bond acceptors (Lipinski definition) is 4. The Hall–Kier alpha value is -0.790. The second-order valence-corrected chi connectivity index (χ2v) is 6.50. The zero-order valence-electron chi connectivity index (χ0n) is 11.6. The number of thiophene rings is 1. The molecule has 1 aromatic carbocycles. The number of ether oxygens (including phenoxy) is 2. The van der Waals surface area contributed by atoms with Gasteiger partial charge in [0.1, 0.15) is 11.5 Å². The van der Waals surface area contributed by atoms with Gasteiger partial charge in [-0.3, -0.25) is 0 Å². The molecule has 1 heterocycles. The average Bonchev–Trinajstić information content (AvgIpc) is 2.97. The van der Waals surface area contributed by atoms with Crippen molar-refractivity contribution in [3.05, 3.63) is 43.7 Å². The molecule has 1 N–H and O–H groups in total. The zero-order chi connectivity index (χ0) is 14.4. The molecular weight excluding hydrogens is 385 g/mol. The van der Waals surface area contributed by atoms with Crippen LogP contribution in [0.25, 0.3) is 0 Å². The highest BCUT2D eigenvalue weighted by molar-refractivity contribution is 14.1. The van der Waals surface area contributed by atoms with E-state index in [1.165, 1.54) is 10.4 Å². The quantitative estimate of drug-likeness (QED) is 0.565. The number of nitrogens with one attached hydrogen (secondary N) is 1. The maximum atomic E-state index is 5.44. The smallest absolute Gasteiger partial charge is 0.132 e. The van der Waals surface area contributed by atoms with Crippen LogP contribution in [0, 0.1) is 3.57 Å². The van der Waals surface area contributed by atoms with Crippen LogP contribution in [0.4, 0.5) is 0 Å². The first-order valence-corrected chi connectivity index (χ1v) is 8.34. The van der Waals surface area contributed by atoms with Gasteiger partial charge in [0, 0.05) is 11.4 Å². The van der Waals surface area contributed by atoms with Crippen molar-refractivity contribution >= 4 is 33.9 Å². The van der Waals surface area contributed by atoms with Crippen LogP contribution in [0.3, 0.4) is 0 Å². The fourth-order valence-corrected chi connectivity index (χ4v) is 3.30. The van der Waals surface area contributed by atoms with Gasteiger partial charge in [0.15, 0.2) is 0 Å². The van der Waals surface area contributed by atoms with Gasteiger partial charge in [-0.1, -0.05) is 6.07 Å². The van der Waals surface area contributed by atoms with Crippen LogP contribution in [-0.2, 0) is 13.0 Å². The number of benzene rings is 1. The first-order chi connectivity index (χ1) is 9.74. The van der Waals surface area contributed by atoms with E-state index in [2.05, 4.69) is 51.5 Å². The summed E-state index contributed by atoms with van der Waals surface area (Å²) in [5, 5.41) is 5.55. The van der Waals surface area contributed by atoms with Crippen molar-refractivity contribution in [1.29, 1.82) is 0 Å². The molecule has 20 heavy (non-hydrogen) atoms. The standard InChI is InChI=1S/C15H18INO2S/c1-18-14-9-13(16)15(19-2)8-11(14)5-6-17-10-12-4-3-7-20-12/h3-4,7-9,17H,5-6,10H2,1-2H3. The summed E-state index contributed by atoms with van der Waals surface area (Å²) in [6, 6.07) is 8.31. The third kappa shape index (κ3) is 4.10. The fourth-order valence-electron chi connectivity index (χ4n) is 1.97. The van der Waals surface area contributed by atoms with Gasteiger partial charge in [-0.15, -0.1) is 11.3 Å². The lowest BCUT2D eigenvalue weighted by Crippen LogP contribution is -2.16. The van der Waals surface area contributed by atoms with Crippen LogP contribution in [0.5, 0.6) is 11.5 Å². The Balaban J connectivity index is 1.94. The monoisotopic (exact) mass is 403 g/mol. The molecule has 0 saturated heterocycles. The molecule has 0 saturated carbocycles. The van der Waals surface area contributed by atoms with Crippen LogP contribution in [0.15, 0.2) is 29.6 Å². The van der Waals surface area contributed by atoms with E-state index in [9.17, 15) is 0 Å². The molecule has 0 radical (unpaired) electrons. The van der Waals surface area contributed by atoms with Crippen molar-refractivity contribution in [2.45, 2.75) is 13.0 Å². The molecule has 0 atom stereocenters. The Kier molecular flexibility index (Phi) is 6.12. The largest absolute Gasteiger partial charge is 0.496 e. The first-order valence-electron chi connectivity index (χ1n) is 6.38. The topological polar surface area (TPSA) is 30.5 Å². The summed E-state index contributed by atoms with van der Waals surface area (Å²) in [5.41, 5.74) is 1.17. The van der Waals surface area contributed by atoms with Crippen molar-refractivity contribution in [2.75, 3.05) is 20.8 Å². The van der Waals surface area contributed by atoms with E-state index in [1.54, 1.807) is 25.6 Å². The van der Waals surface area contributed by atoms with Gasteiger partial charge in [-0.2, -0.15) is 0 Å². The molecule has 5 heteroatoms. The highest BCUT2D eigenvalue weighted by Crippen LogP contribution is 2.30. The van der Waals surface area contributed by atoms with Crippen molar-refractivity contribution in [3.63, 3.8) is 0 Å². The van der Waals surface area contributed by atoms with Crippen LogP contribution < -0.4 is 14.8 Å². The van der Waals surface area contributed by atoms with Gasteiger partial charge in [0.25, 0.3) is 0 Å². The van der Waals surface area contributed by atoms with E-state index < -0.39 is 0 Å². The predicted molar refractivity (Wildman–Crippen MR) is 92.0 cm³/mol. The predicted octanol–water partition coefficient (Wildman–Crippen LogP) is 3.70. The number of methoxy groups -OCH3 is 2. The summed E-state index contributed by atoms with van der Waals surface area (Å²) in [4.78, 5) is 1.36. The molecule has 2 aromatic rings. The minimum Gasteiger partial charge on any atom is -0.496 e. The molecule has 2 rings (SSSR count). The van der Waals surface area contributed by atoms with Gasteiger partial charge >= 0.3 is 0 Å². The maximum Gasteiger partial charge on any atom is 0.132 e. The third-order valence-electron chi connectivity index (χ3n) is 3.01. The lowest BCUT2D eigenvalue weighted by atomic mass is 10.1. The maximum absolute atomic E-state index is 5.44. The molecule has 108 valence electrons. The van der Waals surface area contributed by atoms with Crippen LogP contribution in [-0.4, -0.2) is 20.8 Å². The number of hydrogen-bond donors (Lipinski definition) is 1.